The number of carbonyl (C=O) groups is 1. The van der Waals surface area contributed by atoms with Crippen molar-refractivity contribution in [3.05, 3.63) is 11.8 Å². The summed E-state index contributed by atoms with van der Waals surface area (Å²) in [5.41, 5.74) is 6.82. The second kappa shape index (κ2) is 4.96. The quantitative estimate of drug-likeness (QED) is 0.779. The lowest BCUT2D eigenvalue weighted by Crippen LogP contribution is -2.40. The number of nitrogens with one attached hydrogen (secondary N) is 2. The molecule has 1 aliphatic carbocycles. The van der Waals surface area contributed by atoms with Crippen LogP contribution in [0.15, 0.2) is 6.07 Å². The fourth-order valence-electron chi connectivity index (χ4n) is 2.43. The van der Waals surface area contributed by atoms with Crippen molar-refractivity contribution in [1.29, 1.82) is 0 Å². The predicted molar refractivity (Wildman–Crippen MR) is 75.9 cm³/mol. The SMILES string of the molecule is CC(C)(C)c1cc(NC(=O)CC2(CN)CCC2)n[nH]1. The number of rotatable bonds is 4. The fourth-order valence-corrected chi connectivity index (χ4v) is 2.43. The zero-order valence-electron chi connectivity index (χ0n) is 12.0. The highest BCUT2D eigenvalue weighted by atomic mass is 16.1. The average molecular weight is 264 g/mol. The second-order valence-corrected chi connectivity index (χ2v) is 6.70. The zero-order valence-corrected chi connectivity index (χ0v) is 12.0. The molecular formula is C14H24N4O. The number of hydrogen-bond acceptors (Lipinski definition) is 3. The van der Waals surface area contributed by atoms with E-state index in [4.69, 9.17) is 5.73 Å². The van der Waals surface area contributed by atoms with E-state index in [2.05, 4.69) is 36.3 Å². The van der Waals surface area contributed by atoms with Gasteiger partial charge >= 0.3 is 0 Å². The third-order valence-electron chi connectivity index (χ3n) is 4.04. The van der Waals surface area contributed by atoms with E-state index < -0.39 is 0 Å². The maximum absolute atomic E-state index is 12.0. The minimum atomic E-state index is 0.00241. The third kappa shape index (κ3) is 3.15. The molecule has 0 aliphatic heterocycles. The third-order valence-corrected chi connectivity index (χ3v) is 4.04. The number of aromatic nitrogens is 2. The maximum atomic E-state index is 12.0. The topological polar surface area (TPSA) is 83.8 Å². The summed E-state index contributed by atoms with van der Waals surface area (Å²) in [4.78, 5) is 12.0. The summed E-state index contributed by atoms with van der Waals surface area (Å²) < 4.78 is 0. The molecule has 5 nitrogen and oxygen atoms in total. The first-order valence-corrected chi connectivity index (χ1v) is 6.90. The molecule has 2 rings (SSSR count). The number of hydrogen-bond donors (Lipinski definition) is 3. The van der Waals surface area contributed by atoms with Crippen molar-refractivity contribution < 1.29 is 4.79 Å². The van der Waals surface area contributed by atoms with Crippen LogP contribution in [0.5, 0.6) is 0 Å². The highest BCUT2D eigenvalue weighted by molar-refractivity contribution is 5.90. The summed E-state index contributed by atoms with van der Waals surface area (Å²) in [7, 11) is 0. The molecule has 5 heteroatoms. The van der Waals surface area contributed by atoms with E-state index in [1.54, 1.807) is 0 Å². The van der Waals surface area contributed by atoms with Crippen LogP contribution in [0.2, 0.25) is 0 Å². The average Bonchev–Trinajstić information content (AvgIpc) is 2.71. The Morgan fingerprint density at radius 1 is 1.53 bits per heavy atom. The Morgan fingerprint density at radius 3 is 2.63 bits per heavy atom. The van der Waals surface area contributed by atoms with Crippen LogP contribution in [0.3, 0.4) is 0 Å². The molecule has 0 saturated heterocycles. The summed E-state index contributed by atoms with van der Waals surface area (Å²) >= 11 is 0. The maximum Gasteiger partial charge on any atom is 0.226 e. The van der Waals surface area contributed by atoms with Gasteiger partial charge in [0.1, 0.15) is 0 Å². The van der Waals surface area contributed by atoms with Crippen molar-refractivity contribution in [2.75, 3.05) is 11.9 Å². The van der Waals surface area contributed by atoms with Gasteiger partial charge in [-0.2, -0.15) is 5.10 Å². The molecule has 1 aliphatic rings. The van der Waals surface area contributed by atoms with Gasteiger partial charge in [-0.1, -0.05) is 27.2 Å². The predicted octanol–water partition coefficient (Wildman–Crippen LogP) is 2.16. The molecule has 0 aromatic carbocycles. The van der Waals surface area contributed by atoms with Gasteiger partial charge in [0.05, 0.1) is 0 Å². The molecule has 1 heterocycles. The Hall–Kier alpha value is -1.36. The highest BCUT2D eigenvalue weighted by Crippen LogP contribution is 2.43. The molecule has 1 saturated carbocycles. The molecule has 106 valence electrons. The number of nitrogens with zero attached hydrogens (tertiary/aromatic N) is 1. The minimum Gasteiger partial charge on any atom is -0.330 e. The van der Waals surface area contributed by atoms with Crippen LogP contribution in [-0.4, -0.2) is 22.6 Å². The highest BCUT2D eigenvalue weighted by Gasteiger charge is 2.37. The second-order valence-electron chi connectivity index (χ2n) is 6.70. The molecule has 0 spiro atoms. The number of amides is 1. The van der Waals surface area contributed by atoms with E-state index in [-0.39, 0.29) is 16.7 Å². The zero-order chi connectivity index (χ0) is 14.1. The molecule has 0 bridgehead atoms. The Bertz CT molecular complexity index is 449. The van der Waals surface area contributed by atoms with Gasteiger partial charge in [0.2, 0.25) is 5.91 Å². The van der Waals surface area contributed by atoms with Gasteiger partial charge < -0.3 is 11.1 Å². The van der Waals surface area contributed by atoms with Crippen molar-refractivity contribution in [3.8, 4) is 0 Å². The summed E-state index contributed by atoms with van der Waals surface area (Å²) in [6.07, 6.45) is 3.80. The molecule has 0 radical (unpaired) electrons. The normalized spacial score (nSPS) is 17.9. The Balaban J connectivity index is 1.94. The minimum absolute atomic E-state index is 0.00241. The standard InChI is InChI=1S/C14H24N4O/c1-13(2,3)10-7-11(18-17-10)16-12(19)8-14(9-15)5-4-6-14/h7H,4-6,8-9,15H2,1-3H3,(H2,16,17,18,19). The van der Waals surface area contributed by atoms with E-state index in [0.717, 1.165) is 18.5 Å². The molecular weight excluding hydrogens is 240 g/mol. The lowest BCUT2D eigenvalue weighted by Gasteiger charge is -2.40. The van der Waals surface area contributed by atoms with Crippen LogP contribution < -0.4 is 11.1 Å². The fraction of sp³-hybridized carbons (Fsp3) is 0.714. The van der Waals surface area contributed by atoms with Gasteiger partial charge in [0, 0.05) is 23.6 Å². The number of nitrogens with two attached hydrogens (primary N) is 1. The van der Waals surface area contributed by atoms with E-state index >= 15 is 0 Å². The van der Waals surface area contributed by atoms with Gasteiger partial charge in [-0.05, 0) is 24.8 Å². The van der Waals surface area contributed by atoms with E-state index in [9.17, 15) is 4.79 Å². The van der Waals surface area contributed by atoms with Gasteiger partial charge in [0.25, 0.3) is 0 Å². The van der Waals surface area contributed by atoms with Gasteiger partial charge in [0.15, 0.2) is 5.82 Å². The van der Waals surface area contributed by atoms with Crippen molar-refractivity contribution in [3.63, 3.8) is 0 Å². The lowest BCUT2D eigenvalue weighted by atomic mass is 9.66. The monoisotopic (exact) mass is 264 g/mol. The first kappa shape index (κ1) is 14.1. The summed E-state index contributed by atoms with van der Waals surface area (Å²) in [5.74, 6) is 0.610. The van der Waals surface area contributed by atoms with Crippen LogP contribution >= 0.6 is 0 Å². The number of aromatic amines is 1. The Labute approximate surface area is 114 Å². The summed E-state index contributed by atoms with van der Waals surface area (Å²) in [6.45, 7) is 6.89. The van der Waals surface area contributed by atoms with Crippen LogP contribution in [0.4, 0.5) is 5.82 Å². The van der Waals surface area contributed by atoms with Crippen LogP contribution in [0.25, 0.3) is 0 Å². The molecule has 0 atom stereocenters. The van der Waals surface area contributed by atoms with Crippen molar-refractivity contribution in [1.82, 2.24) is 10.2 Å². The summed E-state index contributed by atoms with van der Waals surface area (Å²) in [5, 5.41) is 9.96. The first-order valence-electron chi connectivity index (χ1n) is 6.90. The Kier molecular flexibility index (Phi) is 3.67. The summed E-state index contributed by atoms with van der Waals surface area (Å²) in [6, 6.07) is 1.90. The number of carbonyl (C=O) groups excluding carboxylic acids is 1. The molecule has 1 fully saturated rings. The largest absolute Gasteiger partial charge is 0.330 e. The van der Waals surface area contributed by atoms with E-state index in [1.165, 1.54) is 6.42 Å². The Morgan fingerprint density at radius 2 is 2.21 bits per heavy atom. The molecule has 1 aromatic heterocycles. The number of anilines is 1. The smallest absolute Gasteiger partial charge is 0.226 e. The molecule has 19 heavy (non-hydrogen) atoms. The van der Waals surface area contributed by atoms with Gasteiger partial charge in [-0.3, -0.25) is 9.89 Å². The van der Waals surface area contributed by atoms with Gasteiger partial charge in [-0.25, -0.2) is 0 Å². The van der Waals surface area contributed by atoms with E-state index in [0.29, 0.717) is 18.8 Å². The van der Waals surface area contributed by atoms with Crippen LogP contribution in [0, 0.1) is 5.41 Å². The lowest BCUT2D eigenvalue weighted by molar-refractivity contribution is -0.119. The first-order chi connectivity index (χ1) is 8.85. The van der Waals surface area contributed by atoms with Crippen LogP contribution in [0.1, 0.15) is 52.1 Å². The molecule has 1 amide bonds. The molecule has 0 unspecified atom stereocenters. The van der Waals surface area contributed by atoms with Gasteiger partial charge in [-0.15, -0.1) is 0 Å². The van der Waals surface area contributed by atoms with E-state index in [1.807, 2.05) is 6.07 Å². The number of H-pyrrole nitrogens is 1. The van der Waals surface area contributed by atoms with Crippen LogP contribution in [-0.2, 0) is 10.2 Å². The molecule has 4 N–H and O–H groups in total. The van der Waals surface area contributed by atoms with Crippen molar-refractivity contribution in [2.24, 2.45) is 11.1 Å². The molecule has 1 aromatic rings. The van der Waals surface area contributed by atoms with Crippen molar-refractivity contribution >= 4 is 11.7 Å². The van der Waals surface area contributed by atoms with Crippen molar-refractivity contribution in [2.45, 2.75) is 51.9 Å².